The Kier molecular flexibility index (Phi) is 5.63. The average molecular weight is 326 g/mol. The molecule has 4 heteroatoms. The van der Waals surface area contributed by atoms with Crippen molar-refractivity contribution in [3.8, 4) is 0 Å². The van der Waals surface area contributed by atoms with Crippen molar-refractivity contribution >= 4 is 0 Å². The van der Waals surface area contributed by atoms with Crippen molar-refractivity contribution in [2.75, 3.05) is 27.2 Å². The van der Waals surface area contributed by atoms with E-state index in [0.29, 0.717) is 0 Å². The highest BCUT2D eigenvalue weighted by molar-refractivity contribution is 5.31. The van der Waals surface area contributed by atoms with Gasteiger partial charge < -0.3 is 15.2 Å². The quantitative estimate of drug-likeness (QED) is 0.846. The highest BCUT2D eigenvalue weighted by atomic mass is 16.5. The summed E-state index contributed by atoms with van der Waals surface area (Å²) in [5.74, 6) is 0. The second-order valence-electron chi connectivity index (χ2n) is 6.47. The van der Waals surface area contributed by atoms with Crippen LogP contribution in [0.15, 0.2) is 48.5 Å². The molecule has 2 aliphatic rings. The van der Waals surface area contributed by atoms with Crippen LogP contribution in [0.1, 0.15) is 34.5 Å². The number of hydrogen-bond acceptors (Lipinski definition) is 4. The number of benzene rings is 2. The van der Waals surface area contributed by atoms with E-state index in [1.165, 1.54) is 16.7 Å². The van der Waals surface area contributed by atoms with E-state index in [1.54, 1.807) is 7.11 Å². The minimum absolute atomic E-state index is 0.231. The number of likely N-dealkylation sites (N-methyl/N-ethyl adjacent to an activating group) is 1. The van der Waals surface area contributed by atoms with Gasteiger partial charge in [-0.2, -0.15) is 0 Å². The molecule has 0 bridgehead atoms. The lowest BCUT2D eigenvalue weighted by atomic mass is 9.98. The predicted molar refractivity (Wildman–Crippen MR) is 95.6 cm³/mol. The molecule has 2 aromatic rings. The van der Waals surface area contributed by atoms with E-state index in [0.717, 1.165) is 31.7 Å². The molecule has 0 amide bonds. The molecule has 2 unspecified atom stereocenters. The lowest BCUT2D eigenvalue weighted by Crippen LogP contribution is -2.30. The molecule has 0 aliphatic carbocycles. The van der Waals surface area contributed by atoms with Gasteiger partial charge in [0.25, 0.3) is 0 Å². The van der Waals surface area contributed by atoms with Gasteiger partial charge in [0, 0.05) is 33.3 Å². The van der Waals surface area contributed by atoms with E-state index < -0.39 is 0 Å². The molecule has 4 rings (SSSR count). The second-order valence-corrected chi connectivity index (χ2v) is 6.47. The Labute approximate surface area is 144 Å². The summed E-state index contributed by atoms with van der Waals surface area (Å²) in [4.78, 5) is 2.13. The Morgan fingerprint density at radius 2 is 1.71 bits per heavy atom. The second kappa shape index (κ2) is 7.90. The van der Waals surface area contributed by atoms with E-state index >= 15 is 0 Å². The van der Waals surface area contributed by atoms with Crippen LogP contribution in [0.4, 0.5) is 0 Å². The average Bonchev–Trinajstić information content (AvgIpc) is 2.61. The Morgan fingerprint density at radius 3 is 2.46 bits per heavy atom. The van der Waals surface area contributed by atoms with Crippen LogP contribution in [-0.4, -0.2) is 37.3 Å². The number of hydrogen-bond donors (Lipinski definition) is 2. The predicted octanol–water partition coefficient (Wildman–Crippen LogP) is 2.64. The third kappa shape index (κ3) is 3.84. The van der Waals surface area contributed by atoms with Gasteiger partial charge in [-0.3, -0.25) is 4.90 Å². The fourth-order valence-corrected chi connectivity index (χ4v) is 3.42. The van der Waals surface area contributed by atoms with Crippen LogP contribution >= 0.6 is 0 Å². The Morgan fingerprint density at radius 1 is 1.04 bits per heavy atom. The molecule has 128 valence electrons. The monoisotopic (exact) mass is 326 g/mol. The van der Waals surface area contributed by atoms with Gasteiger partial charge in [-0.15, -0.1) is 0 Å². The molecule has 0 saturated heterocycles. The van der Waals surface area contributed by atoms with Crippen LogP contribution in [0.25, 0.3) is 0 Å². The number of aliphatic hydroxyl groups excluding tert-OH is 1. The van der Waals surface area contributed by atoms with Gasteiger partial charge in [-0.25, -0.2) is 0 Å². The van der Waals surface area contributed by atoms with Crippen molar-refractivity contribution in [3.05, 3.63) is 70.8 Å². The molecule has 2 aliphatic heterocycles. The highest BCUT2D eigenvalue weighted by Gasteiger charge is 2.20. The van der Waals surface area contributed by atoms with Gasteiger partial charge in [0.15, 0.2) is 0 Å². The number of nitrogens with zero attached hydrogens (tertiary/aromatic N) is 1. The van der Waals surface area contributed by atoms with Crippen molar-refractivity contribution in [1.29, 1.82) is 0 Å². The van der Waals surface area contributed by atoms with Gasteiger partial charge in [0.05, 0.1) is 12.2 Å². The zero-order valence-corrected chi connectivity index (χ0v) is 14.4. The third-order valence-corrected chi connectivity index (χ3v) is 4.67. The first kappa shape index (κ1) is 17.1. The first-order valence-electron chi connectivity index (χ1n) is 8.44. The molecule has 2 aromatic carbocycles. The molecule has 4 nitrogen and oxygen atoms in total. The van der Waals surface area contributed by atoms with Gasteiger partial charge in [-0.1, -0.05) is 48.5 Å². The van der Waals surface area contributed by atoms with Crippen molar-refractivity contribution in [3.63, 3.8) is 0 Å². The summed E-state index contributed by atoms with van der Waals surface area (Å²) in [7, 11) is 3.79. The molecule has 0 fully saturated rings. The van der Waals surface area contributed by atoms with E-state index in [1.807, 2.05) is 25.2 Å². The van der Waals surface area contributed by atoms with Gasteiger partial charge in [0.1, 0.15) is 0 Å². The van der Waals surface area contributed by atoms with E-state index in [9.17, 15) is 5.11 Å². The van der Waals surface area contributed by atoms with Gasteiger partial charge >= 0.3 is 0 Å². The maximum Gasteiger partial charge on any atom is 0.0948 e. The largest absolute Gasteiger partial charge is 0.387 e. The lowest BCUT2D eigenvalue weighted by Gasteiger charge is -2.28. The smallest absolute Gasteiger partial charge is 0.0948 e. The van der Waals surface area contributed by atoms with Crippen molar-refractivity contribution < 1.29 is 9.84 Å². The van der Waals surface area contributed by atoms with Crippen LogP contribution in [0, 0.1) is 0 Å². The zero-order valence-electron chi connectivity index (χ0n) is 14.4. The summed E-state index contributed by atoms with van der Waals surface area (Å²) in [5.41, 5.74) is 5.03. The third-order valence-electron chi connectivity index (χ3n) is 4.67. The fourth-order valence-electron chi connectivity index (χ4n) is 3.42. The molecule has 2 atom stereocenters. The fraction of sp³-hybridized carbons (Fsp3) is 0.400. The number of β-amino-alcohol motifs (C(OH)–C–C–N with tert-alkyl or cyclic N) is 1. The Balaban J connectivity index is 0.000000141. The van der Waals surface area contributed by atoms with Crippen LogP contribution in [0.3, 0.4) is 0 Å². The minimum Gasteiger partial charge on any atom is -0.387 e. The minimum atomic E-state index is -0.306. The van der Waals surface area contributed by atoms with Crippen molar-refractivity contribution in [2.24, 2.45) is 0 Å². The molecule has 2 N–H and O–H groups in total. The molecular formula is C20H26N2O2. The topological polar surface area (TPSA) is 44.7 Å². The van der Waals surface area contributed by atoms with Gasteiger partial charge in [0.2, 0.25) is 0 Å². The Bertz CT molecular complexity index is 674. The number of methoxy groups -OCH3 is 1. The molecule has 0 aromatic heterocycles. The molecule has 0 saturated carbocycles. The first-order valence-corrected chi connectivity index (χ1v) is 8.44. The number of fused-ring (bicyclic) bond motifs is 2. The van der Waals surface area contributed by atoms with E-state index in [2.05, 4.69) is 40.5 Å². The lowest BCUT2D eigenvalue weighted by molar-refractivity contribution is 0.0955. The van der Waals surface area contributed by atoms with Gasteiger partial charge in [-0.05, 0) is 29.3 Å². The number of ether oxygens (including phenoxy) is 1. The van der Waals surface area contributed by atoms with Crippen molar-refractivity contribution in [1.82, 2.24) is 10.2 Å². The first-order chi connectivity index (χ1) is 11.7. The Hall–Kier alpha value is -1.72. The van der Waals surface area contributed by atoms with E-state index in [-0.39, 0.29) is 12.2 Å². The SMILES string of the molecule is CN1Cc2ccccc2C(O)C1.COC1CNCc2ccccc21. The van der Waals surface area contributed by atoms with Crippen LogP contribution in [-0.2, 0) is 17.8 Å². The maximum atomic E-state index is 9.69. The van der Waals surface area contributed by atoms with E-state index in [4.69, 9.17) is 4.74 Å². The molecule has 0 radical (unpaired) electrons. The number of rotatable bonds is 1. The van der Waals surface area contributed by atoms with Crippen LogP contribution in [0.2, 0.25) is 0 Å². The van der Waals surface area contributed by atoms with Crippen LogP contribution in [0.5, 0.6) is 0 Å². The van der Waals surface area contributed by atoms with Crippen molar-refractivity contribution in [2.45, 2.75) is 25.3 Å². The summed E-state index contributed by atoms with van der Waals surface area (Å²) >= 11 is 0. The highest BCUT2D eigenvalue weighted by Crippen LogP contribution is 2.25. The molecule has 24 heavy (non-hydrogen) atoms. The summed E-state index contributed by atoms with van der Waals surface area (Å²) in [6.07, 6.45) is -0.0742. The summed E-state index contributed by atoms with van der Waals surface area (Å²) in [5, 5.41) is 13.0. The molecule has 0 spiro atoms. The standard InChI is InChI=1S/2C10H13NO/c1-12-10-7-11-6-8-4-2-3-5-9(8)10;1-11-6-8-4-2-3-5-9(8)10(12)7-11/h2-5,10-11H,6-7H2,1H3;2-5,10,12H,6-7H2,1H3. The zero-order chi connectivity index (χ0) is 16.9. The summed E-state index contributed by atoms with van der Waals surface area (Å²) < 4.78 is 5.36. The number of aliphatic hydroxyl groups is 1. The van der Waals surface area contributed by atoms with Crippen LogP contribution < -0.4 is 5.32 Å². The summed E-state index contributed by atoms with van der Waals surface area (Å²) in [6.45, 7) is 3.59. The molecular weight excluding hydrogens is 300 g/mol. The normalized spacial score (nSPS) is 22.8. The maximum absolute atomic E-state index is 9.69. The summed E-state index contributed by atoms with van der Waals surface area (Å²) in [6, 6.07) is 16.5. The molecule has 2 heterocycles. The number of nitrogens with one attached hydrogen (secondary N) is 1.